The van der Waals surface area contributed by atoms with E-state index in [1.807, 2.05) is 12.1 Å². The molecule has 7 heteroatoms. The smallest absolute Gasteiger partial charge is 0.338 e. The van der Waals surface area contributed by atoms with E-state index in [0.717, 1.165) is 31.5 Å². The lowest BCUT2D eigenvalue weighted by Crippen LogP contribution is -2.51. The molecule has 6 nitrogen and oxygen atoms in total. The summed E-state index contributed by atoms with van der Waals surface area (Å²) in [6.07, 6.45) is 3.88. The van der Waals surface area contributed by atoms with E-state index < -0.39 is 12.0 Å². The summed E-state index contributed by atoms with van der Waals surface area (Å²) < 4.78 is 5.41. The molecule has 30 heavy (non-hydrogen) atoms. The lowest BCUT2D eigenvalue weighted by molar-refractivity contribution is -0.139. The predicted octanol–water partition coefficient (Wildman–Crippen LogP) is 4.14. The van der Waals surface area contributed by atoms with Crippen LogP contribution in [-0.4, -0.2) is 54.6 Å². The summed E-state index contributed by atoms with van der Waals surface area (Å²) in [6.45, 7) is 10.8. The Morgan fingerprint density at radius 1 is 1.30 bits per heavy atom. The highest BCUT2D eigenvalue weighted by atomic mass is 35.5. The topological polar surface area (TPSA) is 61.9 Å². The maximum Gasteiger partial charge on any atom is 0.338 e. The third-order valence-electron chi connectivity index (χ3n) is 5.70. The van der Waals surface area contributed by atoms with Crippen molar-refractivity contribution in [3.63, 3.8) is 0 Å². The van der Waals surface area contributed by atoms with Crippen molar-refractivity contribution in [3.8, 4) is 0 Å². The SMILES string of the molecule is C=CCN1C(=O)N[C@@H](c2ccc(Cl)cc2)C(C(=O)OCC)=C1CN1CCC(C)CC1. The molecule has 0 spiro atoms. The first-order valence-corrected chi connectivity index (χ1v) is 10.9. The summed E-state index contributed by atoms with van der Waals surface area (Å²) >= 11 is 6.04. The molecule has 0 bridgehead atoms. The van der Waals surface area contributed by atoms with Crippen LogP contribution < -0.4 is 5.32 Å². The van der Waals surface area contributed by atoms with Gasteiger partial charge < -0.3 is 10.1 Å². The zero-order valence-electron chi connectivity index (χ0n) is 17.7. The monoisotopic (exact) mass is 431 g/mol. The van der Waals surface area contributed by atoms with E-state index in [2.05, 4.69) is 23.7 Å². The van der Waals surface area contributed by atoms with Gasteiger partial charge >= 0.3 is 12.0 Å². The minimum Gasteiger partial charge on any atom is -0.463 e. The fourth-order valence-electron chi connectivity index (χ4n) is 3.98. The molecule has 1 saturated heterocycles. The van der Waals surface area contributed by atoms with Gasteiger partial charge in [0.15, 0.2) is 0 Å². The first-order valence-electron chi connectivity index (χ1n) is 10.5. The average Bonchev–Trinajstić information content (AvgIpc) is 2.72. The first kappa shape index (κ1) is 22.4. The largest absolute Gasteiger partial charge is 0.463 e. The molecular formula is C23H30ClN3O3. The third kappa shape index (κ3) is 5.05. The molecule has 1 aromatic rings. The Kier molecular flexibility index (Phi) is 7.56. The fourth-order valence-corrected chi connectivity index (χ4v) is 4.11. The molecule has 2 heterocycles. The molecule has 1 aromatic carbocycles. The summed E-state index contributed by atoms with van der Waals surface area (Å²) in [5.41, 5.74) is 1.95. The number of hydrogen-bond donors (Lipinski definition) is 1. The van der Waals surface area contributed by atoms with Crippen LogP contribution in [0.4, 0.5) is 4.79 Å². The highest BCUT2D eigenvalue weighted by molar-refractivity contribution is 6.30. The van der Waals surface area contributed by atoms with Crippen molar-refractivity contribution in [2.45, 2.75) is 32.7 Å². The van der Waals surface area contributed by atoms with Crippen LogP contribution in [0.25, 0.3) is 0 Å². The molecule has 0 unspecified atom stereocenters. The maximum absolute atomic E-state index is 13.1. The number of esters is 1. The van der Waals surface area contributed by atoms with Gasteiger partial charge in [-0.25, -0.2) is 9.59 Å². The second kappa shape index (κ2) is 10.1. The normalized spacial score (nSPS) is 20.8. The lowest BCUT2D eigenvalue weighted by atomic mass is 9.93. The van der Waals surface area contributed by atoms with E-state index in [1.54, 1.807) is 30.0 Å². The highest BCUT2D eigenvalue weighted by Crippen LogP contribution is 2.33. The number of amides is 2. The Morgan fingerprint density at radius 2 is 1.97 bits per heavy atom. The maximum atomic E-state index is 13.1. The molecule has 0 aromatic heterocycles. The van der Waals surface area contributed by atoms with Gasteiger partial charge in [-0.3, -0.25) is 9.80 Å². The van der Waals surface area contributed by atoms with Gasteiger partial charge in [-0.05, 0) is 56.5 Å². The third-order valence-corrected chi connectivity index (χ3v) is 5.95. The van der Waals surface area contributed by atoms with Crippen LogP contribution >= 0.6 is 11.6 Å². The fraction of sp³-hybridized carbons (Fsp3) is 0.478. The van der Waals surface area contributed by atoms with Crippen LogP contribution in [0.15, 0.2) is 48.2 Å². The molecule has 0 saturated carbocycles. The van der Waals surface area contributed by atoms with E-state index in [4.69, 9.17) is 16.3 Å². The van der Waals surface area contributed by atoms with Gasteiger partial charge in [-0.15, -0.1) is 6.58 Å². The van der Waals surface area contributed by atoms with Gasteiger partial charge in [-0.2, -0.15) is 0 Å². The summed E-state index contributed by atoms with van der Waals surface area (Å²) in [7, 11) is 0. The number of benzene rings is 1. The number of ether oxygens (including phenoxy) is 1. The number of piperidine rings is 1. The van der Waals surface area contributed by atoms with Crippen LogP contribution in [0, 0.1) is 5.92 Å². The second-order valence-electron chi connectivity index (χ2n) is 7.87. The highest BCUT2D eigenvalue weighted by Gasteiger charge is 2.38. The van der Waals surface area contributed by atoms with E-state index in [0.29, 0.717) is 35.3 Å². The van der Waals surface area contributed by atoms with Gasteiger partial charge in [0.25, 0.3) is 0 Å². The van der Waals surface area contributed by atoms with E-state index in [1.165, 1.54) is 0 Å². The summed E-state index contributed by atoms with van der Waals surface area (Å²) in [6, 6.07) is 6.34. The number of halogens is 1. The number of rotatable bonds is 7. The molecule has 1 fully saturated rings. The molecule has 162 valence electrons. The van der Waals surface area contributed by atoms with Crippen LogP contribution in [0.5, 0.6) is 0 Å². The number of nitrogens with one attached hydrogen (secondary N) is 1. The van der Waals surface area contributed by atoms with Gasteiger partial charge in [-0.1, -0.05) is 36.7 Å². The van der Waals surface area contributed by atoms with Crippen LogP contribution in [0.2, 0.25) is 5.02 Å². The number of likely N-dealkylation sites (tertiary alicyclic amines) is 1. The van der Waals surface area contributed by atoms with Gasteiger partial charge in [0.2, 0.25) is 0 Å². The first-order chi connectivity index (χ1) is 14.4. The zero-order valence-corrected chi connectivity index (χ0v) is 18.5. The molecule has 0 aliphatic carbocycles. The zero-order chi connectivity index (χ0) is 21.7. The predicted molar refractivity (Wildman–Crippen MR) is 118 cm³/mol. The Bertz CT molecular complexity index is 813. The van der Waals surface area contributed by atoms with Gasteiger partial charge in [0.05, 0.1) is 18.2 Å². The van der Waals surface area contributed by atoms with E-state index in [9.17, 15) is 9.59 Å². The lowest BCUT2D eigenvalue weighted by Gasteiger charge is -2.39. The summed E-state index contributed by atoms with van der Waals surface area (Å²) in [4.78, 5) is 30.0. The van der Waals surface area contributed by atoms with Crippen molar-refractivity contribution in [2.75, 3.05) is 32.8 Å². The second-order valence-corrected chi connectivity index (χ2v) is 8.31. The quantitative estimate of drug-likeness (QED) is 0.520. The van der Waals surface area contributed by atoms with Crippen molar-refractivity contribution in [1.29, 1.82) is 0 Å². The van der Waals surface area contributed by atoms with Gasteiger partial charge in [0, 0.05) is 23.8 Å². The number of hydrogen-bond acceptors (Lipinski definition) is 4. The number of nitrogens with zero attached hydrogens (tertiary/aromatic N) is 2. The molecule has 1 atom stereocenters. The Hall–Kier alpha value is -2.31. The Balaban J connectivity index is 2.06. The Morgan fingerprint density at radius 3 is 2.57 bits per heavy atom. The molecular weight excluding hydrogens is 402 g/mol. The van der Waals surface area contributed by atoms with Crippen LogP contribution in [0.3, 0.4) is 0 Å². The van der Waals surface area contributed by atoms with Crippen LogP contribution in [0.1, 0.15) is 38.3 Å². The molecule has 2 aliphatic rings. The van der Waals surface area contributed by atoms with Crippen molar-refractivity contribution >= 4 is 23.6 Å². The molecule has 1 N–H and O–H groups in total. The Labute approximate surface area is 183 Å². The van der Waals surface area contributed by atoms with Crippen molar-refractivity contribution in [2.24, 2.45) is 5.92 Å². The molecule has 2 aliphatic heterocycles. The standard InChI is InChI=1S/C23H30ClN3O3/c1-4-12-27-19(15-26-13-10-16(3)11-14-26)20(22(28)30-5-2)21(25-23(27)29)17-6-8-18(24)9-7-17/h4,6-9,16,21H,1,5,10-15H2,2-3H3,(H,25,29)/t21-/m0/s1. The average molecular weight is 432 g/mol. The molecule has 2 amide bonds. The van der Waals surface area contributed by atoms with Crippen molar-refractivity contribution < 1.29 is 14.3 Å². The number of carbonyl (C=O) groups is 2. The van der Waals surface area contributed by atoms with E-state index in [-0.39, 0.29) is 12.6 Å². The van der Waals surface area contributed by atoms with Crippen molar-refractivity contribution in [3.05, 3.63) is 58.8 Å². The van der Waals surface area contributed by atoms with Crippen molar-refractivity contribution in [1.82, 2.24) is 15.1 Å². The minimum absolute atomic E-state index is 0.247. The number of carbonyl (C=O) groups excluding carboxylic acids is 2. The number of urea groups is 1. The minimum atomic E-state index is -0.589. The summed E-state index contributed by atoms with van der Waals surface area (Å²) in [5.74, 6) is 0.285. The van der Waals surface area contributed by atoms with Crippen LogP contribution in [-0.2, 0) is 9.53 Å². The molecule has 0 radical (unpaired) electrons. The van der Waals surface area contributed by atoms with Gasteiger partial charge in [0.1, 0.15) is 0 Å². The summed E-state index contributed by atoms with van der Waals surface area (Å²) in [5, 5.41) is 3.57. The van der Waals surface area contributed by atoms with E-state index >= 15 is 0 Å². The molecule has 3 rings (SSSR count).